The van der Waals surface area contributed by atoms with E-state index in [1.54, 1.807) is 0 Å². The molecule has 2 nitrogen and oxygen atoms in total. The molecule has 1 aromatic rings. The predicted octanol–water partition coefficient (Wildman–Crippen LogP) is 2.18. The highest BCUT2D eigenvalue weighted by atomic mass is 16.1. The van der Waals surface area contributed by atoms with E-state index < -0.39 is 0 Å². The average molecular weight is 215 g/mol. The van der Waals surface area contributed by atoms with Gasteiger partial charge in [-0.15, -0.1) is 0 Å². The Labute approximate surface area is 97.1 Å². The van der Waals surface area contributed by atoms with Gasteiger partial charge in [0.05, 0.1) is 0 Å². The molecule has 1 amide bonds. The van der Waals surface area contributed by atoms with Crippen molar-refractivity contribution in [1.29, 1.82) is 0 Å². The summed E-state index contributed by atoms with van der Waals surface area (Å²) in [6.45, 7) is 6.26. The summed E-state index contributed by atoms with van der Waals surface area (Å²) in [4.78, 5) is 10.6. The molecule has 0 fully saturated rings. The second-order valence-electron chi connectivity index (χ2n) is 3.85. The van der Waals surface area contributed by atoms with Crippen LogP contribution < -0.4 is 5.32 Å². The number of aryl methyl sites for hydroxylation is 2. The molecular weight excluding hydrogens is 198 g/mol. The normalized spacial score (nSPS) is 9.19. The zero-order chi connectivity index (χ0) is 12.0. The van der Waals surface area contributed by atoms with Crippen molar-refractivity contribution in [2.24, 2.45) is 0 Å². The van der Waals surface area contributed by atoms with Crippen LogP contribution >= 0.6 is 0 Å². The van der Waals surface area contributed by atoms with Gasteiger partial charge >= 0.3 is 0 Å². The van der Waals surface area contributed by atoms with E-state index in [9.17, 15) is 4.79 Å². The molecule has 0 spiro atoms. The molecule has 84 valence electrons. The first-order valence-electron chi connectivity index (χ1n) is 5.40. The zero-order valence-electron chi connectivity index (χ0n) is 10.1. The fourth-order valence-electron chi connectivity index (χ4n) is 1.41. The van der Waals surface area contributed by atoms with E-state index in [1.807, 2.05) is 6.07 Å². The Morgan fingerprint density at radius 1 is 1.38 bits per heavy atom. The third-order valence-corrected chi connectivity index (χ3v) is 2.23. The largest absolute Gasteiger partial charge is 0.355 e. The summed E-state index contributed by atoms with van der Waals surface area (Å²) >= 11 is 0. The van der Waals surface area contributed by atoms with Crippen LogP contribution in [0.5, 0.6) is 0 Å². The van der Waals surface area contributed by atoms with Gasteiger partial charge in [-0.3, -0.25) is 4.79 Å². The maximum absolute atomic E-state index is 10.6. The van der Waals surface area contributed by atoms with Crippen molar-refractivity contribution in [2.45, 2.75) is 27.2 Å². The predicted molar refractivity (Wildman–Crippen MR) is 66.1 cm³/mol. The van der Waals surface area contributed by atoms with Crippen molar-refractivity contribution in [1.82, 2.24) is 5.32 Å². The number of carbonyl (C=O) groups excluding carboxylic acids is 1. The van der Waals surface area contributed by atoms with Crippen LogP contribution in [-0.2, 0) is 4.79 Å². The standard InChI is InChI=1S/C14H17NO/c1-11-7-8-14(12(2)10-11)6-4-5-9-15-13(3)16/h7-8,10H,5,9H2,1-3H3,(H,15,16). The Kier molecular flexibility index (Phi) is 4.60. The maximum atomic E-state index is 10.6. The van der Waals surface area contributed by atoms with Gasteiger partial charge in [-0.2, -0.15) is 0 Å². The van der Waals surface area contributed by atoms with Gasteiger partial charge in [-0.1, -0.05) is 29.5 Å². The lowest BCUT2D eigenvalue weighted by Crippen LogP contribution is -2.20. The van der Waals surface area contributed by atoms with E-state index in [1.165, 1.54) is 18.1 Å². The summed E-state index contributed by atoms with van der Waals surface area (Å²) < 4.78 is 0. The van der Waals surface area contributed by atoms with Crippen LogP contribution in [-0.4, -0.2) is 12.5 Å². The molecule has 0 saturated carbocycles. The van der Waals surface area contributed by atoms with Crippen LogP contribution in [0.15, 0.2) is 18.2 Å². The van der Waals surface area contributed by atoms with Gasteiger partial charge in [-0.25, -0.2) is 0 Å². The Hall–Kier alpha value is -1.75. The van der Waals surface area contributed by atoms with Crippen molar-refractivity contribution in [3.05, 3.63) is 34.9 Å². The molecule has 2 heteroatoms. The highest BCUT2D eigenvalue weighted by Crippen LogP contribution is 2.08. The number of amides is 1. The van der Waals surface area contributed by atoms with E-state index in [4.69, 9.17) is 0 Å². The number of benzene rings is 1. The first-order valence-corrected chi connectivity index (χ1v) is 5.40. The first kappa shape index (κ1) is 12.3. The molecule has 16 heavy (non-hydrogen) atoms. The second kappa shape index (κ2) is 5.97. The Morgan fingerprint density at radius 3 is 2.75 bits per heavy atom. The number of nitrogens with one attached hydrogen (secondary N) is 1. The summed E-state index contributed by atoms with van der Waals surface area (Å²) in [5.41, 5.74) is 3.52. The van der Waals surface area contributed by atoms with Crippen molar-refractivity contribution in [2.75, 3.05) is 6.54 Å². The SMILES string of the molecule is CC(=O)NCCC#Cc1ccc(C)cc1C. The molecule has 0 radical (unpaired) electrons. The fraction of sp³-hybridized carbons (Fsp3) is 0.357. The monoisotopic (exact) mass is 215 g/mol. The van der Waals surface area contributed by atoms with E-state index in [2.05, 4.69) is 43.1 Å². The van der Waals surface area contributed by atoms with E-state index in [0.717, 1.165) is 5.56 Å². The van der Waals surface area contributed by atoms with Crippen LogP contribution in [0.3, 0.4) is 0 Å². The van der Waals surface area contributed by atoms with Crippen LogP contribution in [0.25, 0.3) is 0 Å². The Morgan fingerprint density at radius 2 is 2.12 bits per heavy atom. The number of carbonyl (C=O) groups is 1. The Bertz CT molecular complexity index is 438. The molecule has 0 atom stereocenters. The lowest BCUT2D eigenvalue weighted by molar-refractivity contribution is -0.118. The fourth-order valence-corrected chi connectivity index (χ4v) is 1.41. The Balaban J connectivity index is 2.53. The summed E-state index contributed by atoms with van der Waals surface area (Å²) in [6, 6.07) is 6.22. The maximum Gasteiger partial charge on any atom is 0.216 e. The smallest absolute Gasteiger partial charge is 0.216 e. The minimum atomic E-state index is -0.00619. The van der Waals surface area contributed by atoms with E-state index in [-0.39, 0.29) is 5.91 Å². The molecule has 1 aromatic carbocycles. The van der Waals surface area contributed by atoms with Gasteiger partial charge in [0.25, 0.3) is 0 Å². The molecule has 0 aromatic heterocycles. The van der Waals surface area contributed by atoms with Crippen molar-refractivity contribution < 1.29 is 4.79 Å². The lowest BCUT2D eigenvalue weighted by Gasteiger charge is -1.99. The van der Waals surface area contributed by atoms with Gasteiger partial charge in [-0.05, 0) is 25.5 Å². The van der Waals surface area contributed by atoms with Crippen molar-refractivity contribution in [3.63, 3.8) is 0 Å². The summed E-state index contributed by atoms with van der Waals surface area (Å²) in [7, 11) is 0. The van der Waals surface area contributed by atoms with Gasteiger partial charge < -0.3 is 5.32 Å². The van der Waals surface area contributed by atoms with Crippen LogP contribution in [0, 0.1) is 25.7 Å². The molecule has 0 saturated heterocycles. The third kappa shape index (κ3) is 4.18. The van der Waals surface area contributed by atoms with Crippen molar-refractivity contribution in [3.8, 4) is 11.8 Å². The minimum absolute atomic E-state index is 0.00619. The quantitative estimate of drug-likeness (QED) is 0.594. The molecular formula is C14H17NO. The van der Waals surface area contributed by atoms with E-state index in [0.29, 0.717) is 13.0 Å². The summed E-state index contributed by atoms with van der Waals surface area (Å²) in [6.07, 6.45) is 0.687. The molecule has 1 N–H and O–H groups in total. The number of hydrogen-bond donors (Lipinski definition) is 1. The van der Waals surface area contributed by atoms with Crippen LogP contribution in [0.4, 0.5) is 0 Å². The molecule has 0 aliphatic rings. The third-order valence-electron chi connectivity index (χ3n) is 2.23. The summed E-state index contributed by atoms with van der Waals surface area (Å²) in [5.74, 6) is 6.16. The minimum Gasteiger partial charge on any atom is -0.355 e. The first-order chi connectivity index (χ1) is 7.59. The van der Waals surface area contributed by atoms with Gasteiger partial charge in [0.2, 0.25) is 5.91 Å². The van der Waals surface area contributed by atoms with Gasteiger partial charge in [0, 0.05) is 25.5 Å². The number of rotatable bonds is 2. The van der Waals surface area contributed by atoms with Crippen LogP contribution in [0.1, 0.15) is 30.0 Å². The molecule has 0 unspecified atom stereocenters. The molecule has 1 rings (SSSR count). The van der Waals surface area contributed by atoms with E-state index >= 15 is 0 Å². The highest BCUT2D eigenvalue weighted by molar-refractivity contribution is 5.72. The van der Waals surface area contributed by atoms with Gasteiger partial charge in [0.1, 0.15) is 0 Å². The molecule has 0 heterocycles. The lowest BCUT2D eigenvalue weighted by atomic mass is 10.1. The summed E-state index contributed by atoms with van der Waals surface area (Å²) in [5, 5.41) is 2.71. The van der Waals surface area contributed by atoms with Gasteiger partial charge in [0.15, 0.2) is 0 Å². The number of hydrogen-bond acceptors (Lipinski definition) is 1. The van der Waals surface area contributed by atoms with Crippen LogP contribution in [0.2, 0.25) is 0 Å². The second-order valence-corrected chi connectivity index (χ2v) is 3.85. The van der Waals surface area contributed by atoms with Crippen molar-refractivity contribution >= 4 is 5.91 Å². The molecule has 0 aliphatic heterocycles. The zero-order valence-corrected chi connectivity index (χ0v) is 10.1. The molecule has 0 bridgehead atoms. The molecule has 0 aliphatic carbocycles. The topological polar surface area (TPSA) is 29.1 Å². The average Bonchev–Trinajstić information content (AvgIpc) is 2.20. The highest BCUT2D eigenvalue weighted by Gasteiger charge is 1.93.